The standard InChI is InChI=1S/C16H10FN3OS/c1-2-9-5-6-12(11(17)8-9)20-16-13(14(18)21)10-4-3-7-19-15(10)22-16/h1,3-8,20H,(H2,18,21). The molecule has 0 aliphatic rings. The summed E-state index contributed by atoms with van der Waals surface area (Å²) in [6, 6.07) is 7.85. The van der Waals surface area contributed by atoms with Gasteiger partial charge in [-0.2, -0.15) is 0 Å². The number of hydrogen-bond donors (Lipinski definition) is 2. The molecule has 6 heteroatoms. The van der Waals surface area contributed by atoms with Crippen molar-refractivity contribution >= 4 is 38.1 Å². The molecule has 2 heterocycles. The van der Waals surface area contributed by atoms with Crippen LogP contribution in [-0.4, -0.2) is 10.9 Å². The number of hydrogen-bond acceptors (Lipinski definition) is 4. The number of pyridine rings is 1. The summed E-state index contributed by atoms with van der Waals surface area (Å²) in [5.41, 5.74) is 6.40. The molecule has 0 radical (unpaired) electrons. The number of halogens is 1. The van der Waals surface area contributed by atoms with Gasteiger partial charge in [-0.15, -0.1) is 6.42 Å². The number of amides is 1. The summed E-state index contributed by atoms with van der Waals surface area (Å²) in [5.74, 6) is 1.26. The lowest BCUT2D eigenvalue weighted by molar-refractivity contribution is 0.100. The second kappa shape index (κ2) is 5.47. The van der Waals surface area contributed by atoms with Gasteiger partial charge in [0.15, 0.2) is 0 Å². The number of primary amides is 1. The van der Waals surface area contributed by atoms with Crippen molar-refractivity contribution < 1.29 is 9.18 Å². The number of carbonyl (C=O) groups is 1. The molecule has 1 aromatic carbocycles. The van der Waals surface area contributed by atoms with Crippen LogP contribution in [0.2, 0.25) is 0 Å². The van der Waals surface area contributed by atoms with E-state index in [0.29, 0.717) is 26.3 Å². The molecule has 22 heavy (non-hydrogen) atoms. The Bertz CT molecular complexity index is 927. The van der Waals surface area contributed by atoms with E-state index in [-0.39, 0.29) is 5.69 Å². The minimum atomic E-state index is -0.595. The first-order valence-corrected chi connectivity index (χ1v) is 7.12. The molecule has 0 saturated heterocycles. The van der Waals surface area contributed by atoms with E-state index >= 15 is 0 Å². The number of nitrogens with zero attached hydrogens (tertiary/aromatic N) is 1. The Morgan fingerprint density at radius 3 is 2.91 bits per heavy atom. The number of aromatic nitrogens is 1. The van der Waals surface area contributed by atoms with E-state index in [9.17, 15) is 9.18 Å². The van der Waals surface area contributed by atoms with Crippen molar-refractivity contribution in [2.45, 2.75) is 0 Å². The molecule has 3 N–H and O–H groups in total. The Kier molecular flexibility index (Phi) is 3.49. The topological polar surface area (TPSA) is 68.0 Å². The number of nitrogens with two attached hydrogens (primary N) is 1. The highest BCUT2D eigenvalue weighted by Gasteiger charge is 2.18. The Morgan fingerprint density at radius 1 is 1.41 bits per heavy atom. The minimum Gasteiger partial charge on any atom is -0.365 e. The maximum Gasteiger partial charge on any atom is 0.252 e. The predicted molar refractivity (Wildman–Crippen MR) is 85.8 cm³/mol. The first kappa shape index (κ1) is 14.0. The number of benzene rings is 1. The second-order valence-corrected chi connectivity index (χ2v) is 5.49. The van der Waals surface area contributed by atoms with Gasteiger partial charge in [0.1, 0.15) is 15.6 Å². The molecular weight excluding hydrogens is 301 g/mol. The number of rotatable bonds is 3. The average Bonchev–Trinajstić information content (AvgIpc) is 2.87. The molecule has 2 aromatic heterocycles. The van der Waals surface area contributed by atoms with E-state index in [4.69, 9.17) is 12.2 Å². The van der Waals surface area contributed by atoms with Gasteiger partial charge in [-0.1, -0.05) is 17.3 Å². The van der Waals surface area contributed by atoms with E-state index < -0.39 is 11.7 Å². The van der Waals surface area contributed by atoms with Crippen molar-refractivity contribution in [3.05, 3.63) is 53.5 Å². The zero-order valence-electron chi connectivity index (χ0n) is 11.3. The zero-order chi connectivity index (χ0) is 15.7. The summed E-state index contributed by atoms with van der Waals surface area (Å²) in [6.45, 7) is 0. The van der Waals surface area contributed by atoms with Crippen LogP contribution in [0.1, 0.15) is 15.9 Å². The number of anilines is 2. The summed E-state index contributed by atoms with van der Waals surface area (Å²) >= 11 is 1.24. The quantitative estimate of drug-likeness (QED) is 0.730. The summed E-state index contributed by atoms with van der Waals surface area (Å²) in [7, 11) is 0. The molecule has 0 spiro atoms. The van der Waals surface area contributed by atoms with Crippen molar-refractivity contribution in [1.29, 1.82) is 0 Å². The zero-order valence-corrected chi connectivity index (χ0v) is 12.1. The van der Waals surface area contributed by atoms with Gasteiger partial charge in [-0.05, 0) is 30.3 Å². The fraction of sp³-hybridized carbons (Fsp3) is 0. The number of carbonyl (C=O) groups excluding carboxylic acids is 1. The van der Waals surface area contributed by atoms with Crippen molar-refractivity contribution in [2.24, 2.45) is 5.73 Å². The van der Waals surface area contributed by atoms with Crippen molar-refractivity contribution in [3.8, 4) is 12.3 Å². The number of fused-ring (bicyclic) bond motifs is 1. The molecule has 0 fully saturated rings. The maximum atomic E-state index is 14.0. The molecule has 0 atom stereocenters. The molecule has 3 rings (SSSR count). The fourth-order valence-electron chi connectivity index (χ4n) is 2.09. The Hall–Kier alpha value is -2.91. The van der Waals surface area contributed by atoms with Gasteiger partial charge in [0.2, 0.25) is 0 Å². The Labute approximate surface area is 129 Å². The summed E-state index contributed by atoms with van der Waals surface area (Å²) in [6.07, 6.45) is 6.85. The molecule has 0 aliphatic carbocycles. The van der Waals surface area contributed by atoms with E-state index in [1.807, 2.05) is 0 Å². The third-order valence-corrected chi connectivity index (χ3v) is 4.13. The first-order chi connectivity index (χ1) is 10.6. The van der Waals surface area contributed by atoms with Crippen molar-refractivity contribution in [3.63, 3.8) is 0 Å². The molecule has 108 valence electrons. The summed E-state index contributed by atoms with van der Waals surface area (Å²) in [4.78, 5) is 16.6. The van der Waals surface area contributed by atoms with Crippen LogP contribution in [0.4, 0.5) is 15.1 Å². The Morgan fingerprint density at radius 2 is 2.23 bits per heavy atom. The molecule has 0 aliphatic heterocycles. The van der Waals surface area contributed by atoms with Gasteiger partial charge in [0.25, 0.3) is 5.91 Å². The van der Waals surface area contributed by atoms with Crippen LogP contribution < -0.4 is 11.1 Å². The monoisotopic (exact) mass is 311 g/mol. The van der Waals surface area contributed by atoms with Crippen LogP contribution >= 0.6 is 11.3 Å². The lowest BCUT2D eigenvalue weighted by atomic mass is 10.2. The maximum absolute atomic E-state index is 14.0. The van der Waals surface area contributed by atoms with Crippen LogP contribution in [0.25, 0.3) is 10.2 Å². The molecule has 4 nitrogen and oxygen atoms in total. The van der Waals surface area contributed by atoms with Gasteiger partial charge in [0.05, 0.1) is 11.3 Å². The summed E-state index contributed by atoms with van der Waals surface area (Å²) < 4.78 is 14.0. The average molecular weight is 311 g/mol. The largest absolute Gasteiger partial charge is 0.365 e. The highest BCUT2D eigenvalue weighted by molar-refractivity contribution is 7.23. The molecule has 3 aromatic rings. The number of terminal acetylenes is 1. The highest BCUT2D eigenvalue weighted by Crippen LogP contribution is 2.36. The fourth-order valence-corrected chi connectivity index (χ4v) is 3.15. The van der Waals surface area contributed by atoms with E-state index in [2.05, 4.69) is 16.2 Å². The van der Waals surface area contributed by atoms with Gasteiger partial charge in [-0.25, -0.2) is 9.37 Å². The second-order valence-electron chi connectivity index (χ2n) is 4.49. The summed E-state index contributed by atoms with van der Waals surface area (Å²) in [5, 5.41) is 3.99. The third-order valence-electron chi connectivity index (χ3n) is 3.10. The third kappa shape index (κ3) is 2.38. The van der Waals surface area contributed by atoms with Crippen LogP contribution in [0.15, 0.2) is 36.5 Å². The lowest BCUT2D eigenvalue weighted by Crippen LogP contribution is -2.12. The Balaban J connectivity index is 2.09. The van der Waals surface area contributed by atoms with Crippen molar-refractivity contribution in [2.75, 3.05) is 5.32 Å². The van der Waals surface area contributed by atoms with Crippen LogP contribution in [-0.2, 0) is 0 Å². The van der Waals surface area contributed by atoms with E-state index in [0.717, 1.165) is 0 Å². The van der Waals surface area contributed by atoms with Gasteiger partial charge in [0, 0.05) is 17.1 Å². The van der Waals surface area contributed by atoms with Crippen LogP contribution in [0.3, 0.4) is 0 Å². The first-order valence-electron chi connectivity index (χ1n) is 6.30. The highest BCUT2D eigenvalue weighted by atomic mass is 32.1. The normalized spacial score (nSPS) is 10.4. The smallest absolute Gasteiger partial charge is 0.252 e. The molecular formula is C16H10FN3OS. The van der Waals surface area contributed by atoms with Crippen molar-refractivity contribution in [1.82, 2.24) is 4.98 Å². The predicted octanol–water partition coefficient (Wildman–Crippen LogP) is 3.26. The van der Waals surface area contributed by atoms with E-state index in [1.165, 1.54) is 23.5 Å². The van der Waals surface area contributed by atoms with Gasteiger partial charge in [-0.3, -0.25) is 4.79 Å². The molecule has 0 unspecified atom stereocenters. The van der Waals surface area contributed by atoms with Gasteiger partial charge < -0.3 is 11.1 Å². The molecule has 0 saturated carbocycles. The SMILES string of the molecule is C#Cc1ccc(Nc2sc3ncccc3c2C(N)=O)c(F)c1. The van der Waals surface area contributed by atoms with Crippen LogP contribution in [0, 0.1) is 18.2 Å². The minimum absolute atomic E-state index is 0.216. The molecule has 0 bridgehead atoms. The lowest BCUT2D eigenvalue weighted by Gasteiger charge is -2.07. The van der Waals surface area contributed by atoms with E-state index in [1.54, 1.807) is 24.4 Å². The number of nitrogens with one attached hydrogen (secondary N) is 1. The van der Waals surface area contributed by atoms with Crippen LogP contribution in [0.5, 0.6) is 0 Å². The number of thiophene rings is 1. The van der Waals surface area contributed by atoms with Gasteiger partial charge >= 0.3 is 0 Å². The molecule has 1 amide bonds.